The van der Waals surface area contributed by atoms with Gasteiger partial charge >= 0.3 is 0 Å². The molecular weight excluding hydrogens is 394 g/mol. The van der Waals surface area contributed by atoms with Gasteiger partial charge in [-0.1, -0.05) is 18.2 Å². The maximum absolute atomic E-state index is 13.4. The Hall–Kier alpha value is -3.53. The molecule has 10 heteroatoms. The average Bonchev–Trinajstić information content (AvgIpc) is 3.12. The Bertz CT molecular complexity index is 1220. The van der Waals surface area contributed by atoms with Crippen LogP contribution in [-0.4, -0.2) is 38.3 Å². The van der Waals surface area contributed by atoms with E-state index < -0.39 is 10.0 Å². The number of nitrogens with zero attached hydrogens (tertiary/aromatic N) is 3. The lowest BCUT2D eigenvalue weighted by atomic mass is 10.1. The van der Waals surface area contributed by atoms with Crippen molar-refractivity contribution in [2.24, 2.45) is 21.7 Å². The molecule has 0 amide bonds. The van der Waals surface area contributed by atoms with Gasteiger partial charge < -0.3 is 20.9 Å². The fourth-order valence-electron chi connectivity index (χ4n) is 2.91. The largest absolute Gasteiger partial charge is 0.493 e. The number of hydrogen-bond donors (Lipinski definition) is 2. The van der Waals surface area contributed by atoms with E-state index in [2.05, 4.69) is 10.2 Å². The normalized spacial score (nSPS) is 12.0. The Labute approximate surface area is 168 Å². The molecule has 0 spiro atoms. The highest BCUT2D eigenvalue weighted by Gasteiger charge is 2.23. The van der Waals surface area contributed by atoms with Crippen molar-refractivity contribution in [1.82, 2.24) is 3.97 Å². The van der Waals surface area contributed by atoms with E-state index in [1.807, 2.05) is 6.07 Å². The van der Waals surface area contributed by atoms with Crippen molar-refractivity contribution in [3.05, 3.63) is 54.2 Å². The van der Waals surface area contributed by atoms with E-state index in [0.29, 0.717) is 33.7 Å². The van der Waals surface area contributed by atoms with E-state index >= 15 is 0 Å². The predicted molar refractivity (Wildman–Crippen MR) is 112 cm³/mol. The van der Waals surface area contributed by atoms with Gasteiger partial charge in [0.1, 0.15) is 0 Å². The Kier molecular flexibility index (Phi) is 5.46. The average molecular weight is 415 g/mol. The first-order chi connectivity index (χ1) is 13.8. The Morgan fingerprint density at radius 3 is 2.34 bits per heavy atom. The van der Waals surface area contributed by atoms with Crippen molar-refractivity contribution in [2.75, 3.05) is 14.2 Å². The van der Waals surface area contributed by atoms with Crippen LogP contribution in [0, 0.1) is 0 Å². The molecule has 9 nitrogen and oxygen atoms in total. The van der Waals surface area contributed by atoms with Crippen LogP contribution in [0.3, 0.4) is 0 Å². The first kappa shape index (κ1) is 20.2. The van der Waals surface area contributed by atoms with Crippen molar-refractivity contribution >= 4 is 32.6 Å². The van der Waals surface area contributed by atoms with Crippen molar-refractivity contribution in [2.45, 2.75) is 11.8 Å². The number of para-hydroxylation sites is 1. The third-order valence-corrected chi connectivity index (χ3v) is 5.96. The SMILES string of the molecule is COc1ccc(S(=O)(=O)n2cc(/C(C)=N\N=C(N)N)c3ccccc32)cc1OC. The second kappa shape index (κ2) is 7.84. The maximum Gasteiger partial charge on any atom is 0.268 e. The highest BCUT2D eigenvalue weighted by atomic mass is 32.2. The molecule has 3 rings (SSSR count). The van der Waals surface area contributed by atoms with Gasteiger partial charge in [-0.05, 0) is 25.1 Å². The Balaban J connectivity index is 2.22. The van der Waals surface area contributed by atoms with E-state index in [9.17, 15) is 8.42 Å². The molecule has 0 aliphatic rings. The second-order valence-electron chi connectivity index (χ2n) is 6.09. The molecule has 0 radical (unpaired) electrons. The highest BCUT2D eigenvalue weighted by Crippen LogP contribution is 2.32. The van der Waals surface area contributed by atoms with Gasteiger partial charge in [-0.25, -0.2) is 12.4 Å². The molecular formula is C19H21N5O4S. The number of hydrogen-bond acceptors (Lipinski definition) is 6. The lowest BCUT2D eigenvalue weighted by Gasteiger charge is -2.11. The van der Waals surface area contributed by atoms with Gasteiger partial charge in [0.15, 0.2) is 11.5 Å². The summed E-state index contributed by atoms with van der Waals surface area (Å²) in [4.78, 5) is 0.0567. The molecule has 1 heterocycles. The molecule has 0 aliphatic heterocycles. The van der Waals surface area contributed by atoms with Crippen LogP contribution in [0.5, 0.6) is 11.5 Å². The van der Waals surface area contributed by atoms with Gasteiger partial charge in [-0.3, -0.25) is 0 Å². The lowest BCUT2D eigenvalue weighted by molar-refractivity contribution is 0.354. The first-order valence-corrected chi connectivity index (χ1v) is 9.95. The third-order valence-electron chi connectivity index (χ3n) is 4.30. The van der Waals surface area contributed by atoms with Crippen LogP contribution in [0.4, 0.5) is 0 Å². The quantitative estimate of drug-likeness (QED) is 0.359. The molecule has 0 aliphatic carbocycles. The number of fused-ring (bicyclic) bond motifs is 1. The highest BCUT2D eigenvalue weighted by molar-refractivity contribution is 7.90. The number of aromatic nitrogens is 1. The van der Waals surface area contributed by atoms with E-state index in [1.165, 1.54) is 36.5 Å². The molecule has 3 aromatic rings. The second-order valence-corrected chi connectivity index (χ2v) is 7.90. The fourth-order valence-corrected chi connectivity index (χ4v) is 4.30. The molecule has 1 aromatic heterocycles. The van der Waals surface area contributed by atoms with Gasteiger partial charge in [0.2, 0.25) is 5.96 Å². The molecule has 0 saturated heterocycles. The summed E-state index contributed by atoms with van der Waals surface area (Å²) in [6.45, 7) is 1.70. The summed E-state index contributed by atoms with van der Waals surface area (Å²) in [5, 5.41) is 8.32. The van der Waals surface area contributed by atoms with E-state index in [0.717, 1.165) is 0 Å². The predicted octanol–water partition coefficient (Wildman–Crippen LogP) is 1.89. The summed E-state index contributed by atoms with van der Waals surface area (Å²) in [6.07, 6.45) is 1.50. The van der Waals surface area contributed by atoms with E-state index in [-0.39, 0.29) is 10.9 Å². The van der Waals surface area contributed by atoms with Crippen molar-refractivity contribution < 1.29 is 17.9 Å². The number of guanidine groups is 1. The monoisotopic (exact) mass is 415 g/mol. The molecule has 2 aromatic carbocycles. The van der Waals surface area contributed by atoms with Crippen LogP contribution in [0.25, 0.3) is 10.9 Å². The maximum atomic E-state index is 13.4. The van der Waals surface area contributed by atoms with E-state index in [1.54, 1.807) is 31.2 Å². The summed E-state index contributed by atoms with van der Waals surface area (Å²) in [6, 6.07) is 11.5. The zero-order chi connectivity index (χ0) is 21.2. The molecule has 152 valence electrons. The number of ether oxygens (including phenoxy) is 2. The minimum absolute atomic E-state index is 0.0567. The summed E-state index contributed by atoms with van der Waals surface area (Å²) in [7, 11) is -0.998. The summed E-state index contributed by atoms with van der Waals surface area (Å²) in [5.74, 6) is 0.562. The van der Waals surface area contributed by atoms with E-state index in [4.69, 9.17) is 20.9 Å². The van der Waals surface area contributed by atoms with Crippen LogP contribution in [0.1, 0.15) is 12.5 Å². The lowest BCUT2D eigenvalue weighted by Crippen LogP contribution is -2.22. The molecule has 4 N–H and O–H groups in total. The summed E-state index contributed by atoms with van der Waals surface area (Å²) < 4.78 is 38.4. The van der Waals surface area contributed by atoms with Crippen molar-refractivity contribution in [3.8, 4) is 11.5 Å². The van der Waals surface area contributed by atoms with Crippen molar-refractivity contribution in [3.63, 3.8) is 0 Å². The third kappa shape index (κ3) is 3.74. The molecule has 0 atom stereocenters. The Morgan fingerprint density at radius 1 is 1.00 bits per heavy atom. The van der Waals surface area contributed by atoms with Crippen LogP contribution < -0.4 is 20.9 Å². The van der Waals surface area contributed by atoms with Gasteiger partial charge in [-0.15, -0.1) is 5.10 Å². The summed E-state index contributed by atoms with van der Waals surface area (Å²) >= 11 is 0. The molecule has 0 fully saturated rings. The van der Waals surface area contributed by atoms with Gasteiger partial charge in [0.25, 0.3) is 10.0 Å². The van der Waals surface area contributed by atoms with Crippen LogP contribution >= 0.6 is 0 Å². The number of benzene rings is 2. The van der Waals surface area contributed by atoms with Crippen LogP contribution in [-0.2, 0) is 10.0 Å². The van der Waals surface area contributed by atoms with Crippen LogP contribution in [0.2, 0.25) is 0 Å². The van der Waals surface area contributed by atoms with Crippen molar-refractivity contribution in [1.29, 1.82) is 0 Å². The smallest absolute Gasteiger partial charge is 0.268 e. The van der Waals surface area contributed by atoms with Crippen LogP contribution in [0.15, 0.2) is 63.8 Å². The summed E-state index contributed by atoms with van der Waals surface area (Å²) in [5.41, 5.74) is 12.2. The molecule has 0 unspecified atom stereocenters. The van der Waals surface area contributed by atoms with Gasteiger partial charge in [-0.2, -0.15) is 5.10 Å². The first-order valence-electron chi connectivity index (χ1n) is 8.51. The standard InChI is InChI=1S/C19H21N5O4S/c1-12(22-23-19(20)21)15-11-24(16-7-5-4-6-14(15)16)29(25,26)13-8-9-17(27-2)18(10-13)28-3/h4-11H,1-3H3,(H4,20,21,23)/b22-12-. The molecule has 29 heavy (non-hydrogen) atoms. The minimum atomic E-state index is -3.93. The molecule has 0 bridgehead atoms. The zero-order valence-electron chi connectivity index (χ0n) is 16.2. The number of nitrogens with two attached hydrogens (primary N) is 2. The topological polar surface area (TPSA) is 134 Å². The molecule has 0 saturated carbocycles. The van der Waals surface area contributed by atoms with Gasteiger partial charge in [0.05, 0.1) is 30.3 Å². The van der Waals surface area contributed by atoms with Gasteiger partial charge in [0, 0.05) is 23.2 Å². The number of rotatable bonds is 6. The zero-order valence-corrected chi connectivity index (χ0v) is 17.0. The Morgan fingerprint density at radius 2 is 1.69 bits per heavy atom. The fraction of sp³-hybridized carbons (Fsp3) is 0.158. The minimum Gasteiger partial charge on any atom is -0.493 e. The number of methoxy groups -OCH3 is 2.